The quantitative estimate of drug-likeness (QED) is 0.533. The molecule has 3 amide bonds. The molecule has 1 aromatic rings. The topological polar surface area (TPSA) is 128 Å². The Morgan fingerprint density at radius 3 is 2.40 bits per heavy atom. The Labute approximate surface area is 205 Å². The van der Waals surface area contributed by atoms with Gasteiger partial charge in [0, 0.05) is 46.1 Å². The van der Waals surface area contributed by atoms with Gasteiger partial charge in [-0.05, 0) is 51.0 Å². The van der Waals surface area contributed by atoms with Crippen molar-refractivity contribution in [3.05, 3.63) is 18.5 Å². The lowest BCUT2D eigenvalue weighted by Gasteiger charge is -2.47. The second-order valence-corrected chi connectivity index (χ2v) is 9.94. The average Bonchev–Trinajstić information content (AvgIpc) is 2.86. The number of carbonyl (C=O) groups is 3. The number of nitrogens with zero attached hydrogens (tertiary/aromatic N) is 5. The summed E-state index contributed by atoms with van der Waals surface area (Å²) < 4.78 is 6.28. The molecule has 1 saturated carbocycles. The van der Waals surface area contributed by atoms with Crippen LogP contribution in [0.4, 0.5) is 5.95 Å². The highest BCUT2D eigenvalue weighted by molar-refractivity contribution is 6.34. The van der Waals surface area contributed by atoms with E-state index in [2.05, 4.69) is 20.2 Å². The van der Waals surface area contributed by atoms with Crippen molar-refractivity contribution in [2.75, 3.05) is 45.2 Å². The van der Waals surface area contributed by atoms with Crippen LogP contribution in [0.2, 0.25) is 0 Å². The van der Waals surface area contributed by atoms with E-state index in [4.69, 9.17) is 4.74 Å². The fraction of sp³-hybridized carbons (Fsp3) is 0.708. The van der Waals surface area contributed by atoms with Crippen LogP contribution in [0.15, 0.2) is 18.5 Å². The predicted octanol–water partition coefficient (Wildman–Crippen LogP) is -0.0590. The fourth-order valence-corrected chi connectivity index (χ4v) is 5.02. The highest BCUT2D eigenvalue weighted by Gasteiger charge is 2.48. The Morgan fingerprint density at radius 2 is 1.80 bits per heavy atom. The van der Waals surface area contributed by atoms with Crippen molar-refractivity contribution in [1.82, 2.24) is 25.1 Å². The number of likely N-dealkylation sites (tertiary alicyclic amines) is 1. The maximum absolute atomic E-state index is 13.2. The van der Waals surface area contributed by atoms with Crippen molar-refractivity contribution in [1.29, 1.82) is 0 Å². The van der Waals surface area contributed by atoms with Gasteiger partial charge in [-0.1, -0.05) is 0 Å². The minimum absolute atomic E-state index is 0.000360. The average molecular weight is 489 g/mol. The number of carbonyl (C=O) groups excluding carboxylic acids is 3. The largest absolute Gasteiger partial charge is 0.380 e. The number of hydrogen-bond acceptors (Lipinski definition) is 8. The number of nitrogens with one attached hydrogen (secondary N) is 1. The Hall–Kier alpha value is -2.79. The summed E-state index contributed by atoms with van der Waals surface area (Å²) in [6, 6.07) is 0.915. The summed E-state index contributed by atoms with van der Waals surface area (Å²) in [7, 11) is 3.05. The molecule has 192 valence electrons. The van der Waals surface area contributed by atoms with Gasteiger partial charge in [-0.15, -0.1) is 0 Å². The maximum atomic E-state index is 13.2. The van der Waals surface area contributed by atoms with Crippen molar-refractivity contribution in [2.24, 2.45) is 0 Å². The Balaban J connectivity index is 1.41. The number of hydrogen-bond donors (Lipinski definition) is 2. The molecule has 4 rings (SSSR count). The lowest BCUT2D eigenvalue weighted by Crippen LogP contribution is -2.65. The number of aromatic nitrogens is 2. The van der Waals surface area contributed by atoms with Gasteiger partial charge >= 0.3 is 11.8 Å². The third-order valence-corrected chi connectivity index (χ3v) is 7.32. The van der Waals surface area contributed by atoms with E-state index in [0.29, 0.717) is 38.2 Å². The van der Waals surface area contributed by atoms with Crippen LogP contribution in [0, 0.1) is 0 Å². The summed E-state index contributed by atoms with van der Waals surface area (Å²) in [5.41, 5.74) is -1.33. The van der Waals surface area contributed by atoms with Crippen molar-refractivity contribution in [2.45, 2.75) is 68.7 Å². The molecular weight excluding hydrogens is 452 g/mol. The molecule has 1 aromatic heterocycles. The van der Waals surface area contributed by atoms with Crippen LogP contribution in [-0.2, 0) is 19.1 Å². The van der Waals surface area contributed by atoms with Gasteiger partial charge in [0.15, 0.2) is 0 Å². The number of ether oxygens (including phenoxy) is 1. The van der Waals surface area contributed by atoms with Gasteiger partial charge in [-0.2, -0.15) is 0 Å². The molecular formula is C24H36N6O5. The van der Waals surface area contributed by atoms with E-state index in [1.54, 1.807) is 23.4 Å². The zero-order valence-corrected chi connectivity index (χ0v) is 20.6. The number of rotatable bonds is 6. The van der Waals surface area contributed by atoms with Gasteiger partial charge < -0.3 is 29.9 Å². The van der Waals surface area contributed by atoms with E-state index in [1.807, 2.05) is 0 Å². The standard InChI is InChI=1S/C24H36N6O5/c1-28(2)21(32)20(31)27-18-6-3-13-30(22(33)24(34)9-4-10-24)19(18)16-35-17-7-14-29(15-8-17)23-25-11-5-12-26-23/h5,11-12,17-19,34H,3-4,6-10,13-16H2,1-2H3,(H,27,31). The van der Waals surface area contributed by atoms with Crippen LogP contribution < -0.4 is 10.2 Å². The summed E-state index contributed by atoms with van der Waals surface area (Å²) >= 11 is 0. The monoisotopic (exact) mass is 488 g/mol. The van der Waals surface area contributed by atoms with Gasteiger partial charge in [-0.25, -0.2) is 9.97 Å². The normalized spacial score (nSPS) is 24.4. The molecule has 2 atom stereocenters. The van der Waals surface area contributed by atoms with Crippen LogP contribution in [0.1, 0.15) is 44.9 Å². The molecule has 0 aromatic carbocycles. The van der Waals surface area contributed by atoms with E-state index in [0.717, 1.165) is 32.4 Å². The Morgan fingerprint density at radius 1 is 1.11 bits per heavy atom. The molecule has 3 fully saturated rings. The van der Waals surface area contributed by atoms with E-state index in [1.165, 1.54) is 19.0 Å². The molecule has 2 unspecified atom stereocenters. The van der Waals surface area contributed by atoms with Crippen LogP contribution in [-0.4, -0.2) is 107 Å². The predicted molar refractivity (Wildman–Crippen MR) is 127 cm³/mol. The molecule has 0 spiro atoms. The molecule has 3 aliphatic rings. The first-order valence-electron chi connectivity index (χ1n) is 12.5. The second kappa shape index (κ2) is 10.9. The number of likely N-dealkylation sites (N-methyl/N-ethyl adjacent to an activating group) is 1. The fourth-order valence-electron chi connectivity index (χ4n) is 5.02. The summed E-state index contributed by atoms with van der Waals surface area (Å²) in [4.78, 5) is 51.5. The zero-order chi connectivity index (χ0) is 25.0. The number of amides is 3. The molecule has 11 heteroatoms. The SMILES string of the molecule is CN(C)C(=O)C(=O)NC1CCCN(C(=O)C2(O)CCC2)C1COC1CCN(c2ncccn2)CC1. The number of aliphatic hydroxyl groups is 1. The molecule has 0 bridgehead atoms. The van der Waals surface area contributed by atoms with Crippen LogP contribution >= 0.6 is 0 Å². The summed E-state index contributed by atoms with van der Waals surface area (Å²) in [6.45, 7) is 2.25. The van der Waals surface area contributed by atoms with Crippen LogP contribution in [0.5, 0.6) is 0 Å². The third kappa shape index (κ3) is 5.72. The molecule has 2 aliphatic heterocycles. The molecule has 2 N–H and O–H groups in total. The highest BCUT2D eigenvalue weighted by atomic mass is 16.5. The van der Waals surface area contributed by atoms with Crippen molar-refractivity contribution in [3.63, 3.8) is 0 Å². The molecule has 35 heavy (non-hydrogen) atoms. The van der Waals surface area contributed by atoms with E-state index < -0.39 is 29.5 Å². The lowest BCUT2D eigenvalue weighted by atomic mass is 9.78. The highest BCUT2D eigenvalue weighted by Crippen LogP contribution is 2.35. The first-order chi connectivity index (χ1) is 16.8. The van der Waals surface area contributed by atoms with Gasteiger partial charge in [-0.3, -0.25) is 14.4 Å². The first kappa shape index (κ1) is 25.3. The number of anilines is 1. The van der Waals surface area contributed by atoms with E-state index in [-0.39, 0.29) is 18.6 Å². The zero-order valence-electron chi connectivity index (χ0n) is 20.6. The number of piperidine rings is 2. The Bertz CT molecular complexity index is 901. The lowest BCUT2D eigenvalue weighted by molar-refractivity contribution is -0.168. The molecule has 0 radical (unpaired) electrons. The van der Waals surface area contributed by atoms with Crippen molar-refractivity contribution < 1.29 is 24.2 Å². The van der Waals surface area contributed by atoms with Crippen LogP contribution in [0.25, 0.3) is 0 Å². The summed E-state index contributed by atoms with van der Waals surface area (Å²) in [5.74, 6) is -0.928. The maximum Gasteiger partial charge on any atom is 0.311 e. The van der Waals surface area contributed by atoms with Gasteiger partial charge in [0.05, 0.1) is 24.8 Å². The van der Waals surface area contributed by atoms with Gasteiger partial charge in [0.1, 0.15) is 5.60 Å². The van der Waals surface area contributed by atoms with Crippen molar-refractivity contribution in [3.8, 4) is 0 Å². The Kier molecular flexibility index (Phi) is 7.85. The first-order valence-corrected chi connectivity index (χ1v) is 12.5. The van der Waals surface area contributed by atoms with E-state index >= 15 is 0 Å². The van der Waals surface area contributed by atoms with E-state index in [9.17, 15) is 19.5 Å². The van der Waals surface area contributed by atoms with Gasteiger partial charge in [0.25, 0.3) is 5.91 Å². The minimum atomic E-state index is -1.33. The second-order valence-electron chi connectivity index (χ2n) is 9.94. The van der Waals surface area contributed by atoms with Gasteiger partial charge in [0.2, 0.25) is 5.95 Å². The third-order valence-electron chi connectivity index (χ3n) is 7.32. The minimum Gasteiger partial charge on any atom is -0.380 e. The molecule has 11 nitrogen and oxygen atoms in total. The molecule has 1 aliphatic carbocycles. The molecule has 2 saturated heterocycles. The molecule has 3 heterocycles. The van der Waals surface area contributed by atoms with Crippen LogP contribution in [0.3, 0.4) is 0 Å². The van der Waals surface area contributed by atoms with Crippen molar-refractivity contribution >= 4 is 23.7 Å². The summed E-state index contributed by atoms with van der Waals surface area (Å²) in [5, 5.41) is 13.6. The summed E-state index contributed by atoms with van der Waals surface area (Å²) in [6.07, 6.45) is 8.06. The smallest absolute Gasteiger partial charge is 0.311 e.